The van der Waals surface area contributed by atoms with Crippen LogP contribution in [0.5, 0.6) is 5.75 Å². The summed E-state index contributed by atoms with van der Waals surface area (Å²) in [5, 5.41) is 3.07. The molecule has 0 radical (unpaired) electrons. The number of nitrogens with zero attached hydrogens (tertiary/aromatic N) is 1. The fourth-order valence-electron chi connectivity index (χ4n) is 5.03. The van der Waals surface area contributed by atoms with Crippen LogP contribution in [0.25, 0.3) is 0 Å². The molecule has 1 aliphatic heterocycles. The first-order chi connectivity index (χ1) is 14.5. The van der Waals surface area contributed by atoms with Crippen LogP contribution in [-0.4, -0.2) is 49.3 Å². The minimum Gasteiger partial charge on any atom is -0.494 e. The van der Waals surface area contributed by atoms with Crippen LogP contribution < -0.4 is 10.1 Å². The summed E-state index contributed by atoms with van der Waals surface area (Å²) in [4.78, 5) is 15.6. The average Bonchev–Trinajstić information content (AvgIpc) is 2.73. The molecule has 0 aromatic heterocycles. The van der Waals surface area contributed by atoms with E-state index in [4.69, 9.17) is 9.47 Å². The number of likely N-dealkylation sites (tertiary alicyclic amines) is 1. The minimum atomic E-state index is -0.687. The zero-order valence-electron chi connectivity index (χ0n) is 19.1. The summed E-state index contributed by atoms with van der Waals surface area (Å²) >= 11 is 0. The van der Waals surface area contributed by atoms with Crippen molar-refractivity contribution in [1.29, 1.82) is 0 Å². The number of benzene rings is 1. The monoisotopic (exact) mass is 416 g/mol. The number of carbonyl (C=O) groups is 1. The molecule has 1 aromatic carbocycles. The highest BCUT2D eigenvalue weighted by Crippen LogP contribution is 2.36. The number of rotatable bonds is 9. The molecule has 3 rings (SSSR count). The molecule has 0 bridgehead atoms. The lowest BCUT2D eigenvalue weighted by Gasteiger charge is -2.38. The zero-order valence-corrected chi connectivity index (χ0v) is 19.1. The van der Waals surface area contributed by atoms with Crippen molar-refractivity contribution in [2.45, 2.75) is 71.3 Å². The van der Waals surface area contributed by atoms with Gasteiger partial charge in [0.25, 0.3) is 5.91 Å². The highest BCUT2D eigenvalue weighted by Gasteiger charge is 2.42. The van der Waals surface area contributed by atoms with E-state index in [2.05, 4.69) is 24.1 Å². The van der Waals surface area contributed by atoms with E-state index in [1.54, 1.807) is 0 Å². The maximum Gasteiger partial charge on any atom is 0.256 e. The van der Waals surface area contributed by atoms with Crippen LogP contribution in [0.15, 0.2) is 24.3 Å². The molecular weight excluding hydrogens is 376 g/mol. The number of piperidine rings is 1. The van der Waals surface area contributed by atoms with E-state index in [0.717, 1.165) is 56.2 Å². The second-order valence-corrected chi connectivity index (χ2v) is 9.36. The lowest BCUT2D eigenvalue weighted by atomic mass is 9.78. The van der Waals surface area contributed by atoms with E-state index in [9.17, 15) is 4.79 Å². The number of hydrogen-bond acceptors (Lipinski definition) is 4. The third-order valence-electron chi connectivity index (χ3n) is 6.53. The molecule has 1 amide bonds. The summed E-state index contributed by atoms with van der Waals surface area (Å²) in [5.41, 5.74) is 0.111. The van der Waals surface area contributed by atoms with E-state index in [1.807, 2.05) is 31.2 Å². The van der Waals surface area contributed by atoms with Crippen LogP contribution in [0.1, 0.15) is 65.7 Å². The van der Waals surface area contributed by atoms with Crippen molar-refractivity contribution in [3.05, 3.63) is 24.3 Å². The predicted molar refractivity (Wildman–Crippen MR) is 122 cm³/mol. The molecule has 0 spiro atoms. The van der Waals surface area contributed by atoms with Crippen LogP contribution in [0, 0.1) is 11.8 Å². The van der Waals surface area contributed by atoms with Gasteiger partial charge in [-0.15, -0.1) is 0 Å². The van der Waals surface area contributed by atoms with E-state index < -0.39 is 5.60 Å². The highest BCUT2D eigenvalue weighted by atomic mass is 16.5. The van der Waals surface area contributed by atoms with Gasteiger partial charge in [-0.25, -0.2) is 0 Å². The Morgan fingerprint density at radius 1 is 1.17 bits per heavy atom. The van der Waals surface area contributed by atoms with Crippen molar-refractivity contribution in [1.82, 2.24) is 4.90 Å². The molecule has 168 valence electrons. The number of ether oxygens (including phenoxy) is 2. The second kappa shape index (κ2) is 11.1. The van der Waals surface area contributed by atoms with Crippen molar-refractivity contribution < 1.29 is 14.3 Å². The van der Waals surface area contributed by atoms with Gasteiger partial charge >= 0.3 is 0 Å². The molecule has 1 aromatic rings. The van der Waals surface area contributed by atoms with Gasteiger partial charge in [0.2, 0.25) is 0 Å². The number of anilines is 1. The summed E-state index contributed by atoms with van der Waals surface area (Å²) in [6, 6.07) is 7.72. The van der Waals surface area contributed by atoms with Crippen LogP contribution in [0.3, 0.4) is 0 Å². The molecule has 1 saturated carbocycles. The lowest BCUT2D eigenvalue weighted by molar-refractivity contribution is -0.147. The van der Waals surface area contributed by atoms with Gasteiger partial charge in [0, 0.05) is 25.4 Å². The molecule has 1 aliphatic carbocycles. The molecule has 5 nitrogen and oxygen atoms in total. The lowest BCUT2D eigenvalue weighted by Crippen LogP contribution is -2.48. The number of nitrogens with one attached hydrogen (secondary N) is 1. The molecule has 30 heavy (non-hydrogen) atoms. The maximum atomic E-state index is 13.0. The zero-order chi connectivity index (χ0) is 21.4. The Bertz CT molecular complexity index is 659. The third-order valence-corrected chi connectivity index (χ3v) is 6.53. The Balaban J connectivity index is 1.45. The van der Waals surface area contributed by atoms with E-state index in [0.29, 0.717) is 12.5 Å². The quantitative estimate of drug-likeness (QED) is 0.568. The summed E-state index contributed by atoms with van der Waals surface area (Å²) in [6.07, 6.45) is 7.53. The molecule has 1 N–H and O–H groups in total. The first kappa shape index (κ1) is 23.1. The summed E-state index contributed by atoms with van der Waals surface area (Å²) < 4.78 is 11.9. The topological polar surface area (TPSA) is 50.8 Å². The van der Waals surface area contributed by atoms with Gasteiger partial charge < -0.3 is 19.7 Å². The van der Waals surface area contributed by atoms with Gasteiger partial charge in [-0.1, -0.05) is 20.3 Å². The normalized spacial score (nSPS) is 27.6. The Hall–Kier alpha value is -1.59. The Morgan fingerprint density at radius 2 is 1.93 bits per heavy atom. The first-order valence-corrected chi connectivity index (χ1v) is 11.9. The molecule has 3 atom stereocenters. The molecule has 1 heterocycles. The first-order valence-electron chi connectivity index (χ1n) is 11.9. The highest BCUT2D eigenvalue weighted by molar-refractivity contribution is 5.97. The van der Waals surface area contributed by atoms with Crippen LogP contribution in [0.2, 0.25) is 0 Å². The number of amides is 1. The van der Waals surface area contributed by atoms with Crippen molar-refractivity contribution in [3.8, 4) is 5.75 Å². The second-order valence-electron chi connectivity index (χ2n) is 9.36. The van der Waals surface area contributed by atoms with Gasteiger partial charge in [0.15, 0.2) is 0 Å². The fourth-order valence-corrected chi connectivity index (χ4v) is 5.03. The smallest absolute Gasteiger partial charge is 0.256 e. The average molecular weight is 417 g/mol. The number of carbonyl (C=O) groups excluding carboxylic acids is 1. The molecule has 0 unspecified atom stereocenters. The van der Waals surface area contributed by atoms with Gasteiger partial charge in [-0.05, 0) is 88.1 Å². The number of hydrogen-bond donors (Lipinski definition) is 1. The van der Waals surface area contributed by atoms with E-state index in [-0.39, 0.29) is 5.91 Å². The molecule has 5 heteroatoms. The molecule has 1 saturated heterocycles. The van der Waals surface area contributed by atoms with Gasteiger partial charge in [0.05, 0.1) is 6.61 Å². The van der Waals surface area contributed by atoms with Crippen molar-refractivity contribution in [2.75, 3.05) is 38.2 Å². The molecule has 2 fully saturated rings. The fraction of sp³-hybridized carbons (Fsp3) is 0.720. The van der Waals surface area contributed by atoms with Crippen molar-refractivity contribution in [2.24, 2.45) is 11.8 Å². The summed E-state index contributed by atoms with van der Waals surface area (Å²) in [5.74, 6) is 2.17. The van der Waals surface area contributed by atoms with E-state index in [1.165, 1.54) is 32.4 Å². The maximum absolute atomic E-state index is 13.0. The predicted octanol–water partition coefficient (Wildman–Crippen LogP) is 5.11. The minimum absolute atomic E-state index is 0.0136. The molecular formula is C25H40N2O3. The van der Waals surface area contributed by atoms with Crippen LogP contribution in [-0.2, 0) is 9.53 Å². The molecule has 2 aliphatic rings. The van der Waals surface area contributed by atoms with Crippen LogP contribution in [0.4, 0.5) is 5.69 Å². The summed E-state index contributed by atoms with van der Waals surface area (Å²) in [7, 11) is 0. The van der Waals surface area contributed by atoms with Gasteiger partial charge in [-0.2, -0.15) is 0 Å². The van der Waals surface area contributed by atoms with Gasteiger partial charge in [0.1, 0.15) is 11.4 Å². The standard InChI is InChI=1S/C25H40N2O3/c1-4-30-25(14-5-8-20(2)18-25)24(28)26-22-10-12-23(13-11-22)29-17-7-16-27-15-6-9-21(3)19-27/h10-13,20-21H,4-9,14-19H2,1-3H3,(H,26,28)/t20-,21-,25+/m1/s1. The Labute approximate surface area is 182 Å². The summed E-state index contributed by atoms with van der Waals surface area (Å²) in [6.45, 7) is 11.3. The van der Waals surface area contributed by atoms with Gasteiger partial charge in [-0.3, -0.25) is 4.79 Å². The van der Waals surface area contributed by atoms with Crippen molar-refractivity contribution >= 4 is 11.6 Å². The third kappa shape index (κ3) is 6.45. The van der Waals surface area contributed by atoms with Crippen molar-refractivity contribution in [3.63, 3.8) is 0 Å². The Morgan fingerprint density at radius 3 is 2.63 bits per heavy atom. The van der Waals surface area contributed by atoms with E-state index >= 15 is 0 Å². The largest absolute Gasteiger partial charge is 0.494 e. The SMILES string of the molecule is CCO[C@@]1(C(=O)Nc2ccc(OCCCN3CCC[C@@H](C)C3)cc2)CCC[C@@H](C)C1. The van der Waals surface area contributed by atoms with Crippen LogP contribution >= 0.6 is 0 Å². The Kier molecular flexibility index (Phi) is 8.58.